The second-order valence-corrected chi connectivity index (χ2v) is 4.97. The number of carbonyl (C=O) groups excluding carboxylic acids is 2. The summed E-state index contributed by atoms with van der Waals surface area (Å²) in [6, 6.07) is 1.77. The fourth-order valence-corrected chi connectivity index (χ4v) is 1.76. The highest BCUT2D eigenvalue weighted by molar-refractivity contribution is 7.80. The third kappa shape index (κ3) is 5.14. The minimum Gasteiger partial charge on any atom is -0.486 e. The van der Waals surface area contributed by atoms with E-state index >= 15 is 0 Å². The topological polar surface area (TPSA) is 123 Å². The fraction of sp³-hybridized carbons (Fsp3) is 0.167. The lowest BCUT2D eigenvalue weighted by molar-refractivity contribution is 0.253. The number of aliphatic hydroxyl groups excluding tert-OH is 2. The Labute approximate surface area is 136 Å². The molecule has 8 nitrogen and oxygen atoms in total. The van der Waals surface area contributed by atoms with E-state index in [0.717, 1.165) is 5.56 Å². The molecule has 0 bridgehead atoms. The quantitative estimate of drug-likeness (QED) is 0.458. The summed E-state index contributed by atoms with van der Waals surface area (Å²) in [5.41, 5.74) is 2.15. The summed E-state index contributed by atoms with van der Waals surface area (Å²) >= 11 is 8.71. The maximum atomic E-state index is 11.6. The Morgan fingerprint density at radius 3 is 1.95 bits per heavy atom. The van der Waals surface area contributed by atoms with Gasteiger partial charge < -0.3 is 20.8 Å². The van der Waals surface area contributed by atoms with Gasteiger partial charge >= 0.3 is 12.1 Å². The van der Waals surface area contributed by atoms with E-state index in [0.29, 0.717) is 11.3 Å². The van der Waals surface area contributed by atoms with Gasteiger partial charge in [0, 0.05) is 0 Å². The molecule has 4 amide bonds. The first kappa shape index (κ1) is 17.6. The van der Waals surface area contributed by atoms with E-state index in [1.54, 1.807) is 19.1 Å². The maximum absolute atomic E-state index is 11.6. The zero-order chi connectivity index (χ0) is 16.9. The predicted molar refractivity (Wildman–Crippen MR) is 90.7 cm³/mol. The number of urea groups is 2. The Hall–Kier alpha value is -2.46. The second kappa shape index (κ2) is 7.52. The molecule has 0 aromatic heterocycles. The molecule has 0 saturated carbocycles. The number of aryl methyl sites for hydroxylation is 1. The van der Waals surface area contributed by atoms with Crippen molar-refractivity contribution in [1.29, 1.82) is 0 Å². The standard InChI is InChI=1S/C12H14N4O4S2/c1-5-3-4-7(13-9(17)15-11(19)21)8(6(5)2)14-10(18)16-12(20)22/h3-4H,1-2H3,(H3,13,15,17,19,21)(H3,14,16,18,20,22). The van der Waals surface area contributed by atoms with E-state index in [2.05, 4.69) is 35.1 Å². The lowest BCUT2D eigenvalue weighted by Gasteiger charge is -2.16. The molecule has 1 aromatic carbocycles. The van der Waals surface area contributed by atoms with Gasteiger partial charge in [-0.15, -0.1) is 0 Å². The molecule has 0 aliphatic heterocycles. The predicted octanol–water partition coefficient (Wildman–Crippen LogP) is 2.23. The molecule has 6 N–H and O–H groups in total. The Morgan fingerprint density at radius 1 is 0.955 bits per heavy atom. The Bertz CT molecular complexity index is 648. The van der Waals surface area contributed by atoms with Crippen LogP contribution in [-0.4, -0.2) is 32.6 Å². The van der Waals surface area contributed by atoms with Gasteiger partial charge in [-0.25, -0.2) is 9.59 Å². The van der Waals surface area contributed by atoms with Gasteiger partial charge in [-0.2, -0.15) is 0 Å². The van der Waals surface area contributed by atoms with Crippen LogP contribution in [0.2, 0.25) is 0 Å². The van der Waals surface area contributed by atoms with Crippen LogP contribution < -0.4 is 21.3 Å². The van der Waals surface area contributed by atoms with Gasteiger partial charge in [0.2, 0.25) is 0 Å². The fourth-order valence-electron chi connectivity index (χ4n) is 1.57. The van der Waals surface area contributed by atoms with Crippen molar-refractivity contribution in [2.75, 3.05) is 10.6 Å². The second-order valence-electron chi connectivity index (χ2n) is 4.20. The third-order valence-electron chi connectivity index (χ3n) is 2.66. The number of thiocarbonyl (C=S) groups is 2. The molecule has 1 rings (SSSR count). The van der Waals surface area contributed by atoms with Gasteiger partial charge in [-0.05, 0) is 55.5 Å². The van der Waals surface area contributed by atoms with Crippen LogP contribution in [0.5, 0.6) is 0 Å². The van der Waals surface area contributed by atoms with Crippen LogP contribution in [0.4, 0.5) is 21.0 Å². The molecule has 0 heterocycles. The van der Waals surface area contributed by atoms with Crippen molar-refractivity contribution < 1.29 is 19.8 Å². The highest BCUT2D eigenvalue weighted by atomic mass is 32.1. The zero-order valence-electron chi connectivity index (χ0n) is 11.7. The number of hydrogen-bond acceptors (Lipinski definition) is 4. The molecule has 0 aliphatic rings. The van der Waals surface area contributed by atoms with E-state index in [4.69, 9.17) is 10.2 Å². The number of benzene rings is 1. The minimum atomic E-state index is -0.767. The molecule has 0 fully saturated rings. The Balaban J connectivity index is 3.04. The average Bonchev–Trinajstić information content (AvgIpc) is 2.36. The van der Waals surface area contributed by atoms with E-state index in [-0.39, 0.29) is 5.69 Å². The summed E-state index contributed by atoms with van der Waals surface area (Å²) in [4.78, 5) is 23.2. The minimum absolute atomic E-state index is 0.274. The number of carbonyl (C=O) groups is 2. The molecule has 0 aliphatic carbocycles. The Morgan fingerprint density at radius 2 is 1.45 bits per heavy atom. The first-order chi connectivity index (χ1) is 10.2. The van der Waals surface area contributed by atoms with Gasteiger partial charge in [0.25, 0.3) is 10.3 Å². The third-order valence-corrected chi connectivity index (χ3v) is 2.87. The van der Waals surface area contributed by atoms with Gasteiger partial charge in [0.1, 0.15) is 0 Å². The van der Waals surface area contributed by atoms with Gasteiger partial charge in [0.05, 0.1) is 11.4 Å². The van der Waals surface area contributed by atoms with Crippen molar-refractivity contribution in [3.8, 4) is 0 Å². The highest BCUT2D eigenvalue weighted by Crippen LogP contribution is 2.28. The number of anilines is 2. The normalized spacial score (nSPS) is 9.55. The summed E-state index contributed by atoms with van der Waals surface area (Å²) in [5, 5.41) is 25.3. The van der Waals surface area contributed by atoms with Crippen LogP contribution >= 0.6 is 24.4 Å². The summed E-state index contributed by atoms with van der Waals surface area (Å²) < 4.78 is 0. The molecule has 0 unspecified atom stereocenters. The van der Waals surface area contributed by atoms with Crippen LogP contribution in [0.25, 0.3) is 0 Å². The van der Waals surface area contributed by atoms with E-state index in [1.807, 2.05) is 17.6 Å². The summed E-state index contributed by atoms with van der Waals surface area (Å²) in [7, 11) is 0. The van der Waals surface area contributed by atoms with Gasteiger partial charge in [-0.1, -0.05) is 6.07 Å². The lowest BCUT2D eigenvalue weighted by atomic mass is 10.1. The molecule has 22 heavy (non-hydrogen) atoms. The average molecular weight is 342 g/mol. The first-order valence-corrected chi connectivity index (χ1v) is 6.74. The van der Waals surface area contributed by atoms with Crippen molar-refractivity contribution in [3.63, 3.8) is 0 Å². The molecule has 0 saturated heterocycles. The summed E-state index contributed by atoms with van der Waals surface area (Å²) in [6.07, 6.45) is 0. The molecule has 0 spiro atoms. The van der Waals surface area contributed by atoms with Crippen LogP contribution in [0.3, 0.4) is 0 Å². The largest absolute Gasteiger partial charge is 0.486 e. The van der Waals surface area contributed by atoms with Gasteiger partial charge in [0.15, 0.2) is 0 Å². The van der Waals surface area contributed by atoms with Crippen molar-refractivity contribution in [2.45, 2.75) is 13.8 Å². The summed E-state index contributed by atoms with van der Waals surface area (Å²) in [5.74, 6) is 0. The SMILES string of the molecule is Cc1ccc(NC(=O)NC(O)=S)c(NC(=O)NC(O)=S)c1C. The van der Waals surface area contributed by atoms with E-state index in [1.165, 1.54) is 0 Å². The number of aliphatic hydroxyl groups is 2. The molecular formula is C12H14N4O4S2. The number of hydrogen-bond donors (Lipinski definition) is 6. The molecule has 1 aromatic rings. The summed E-state index contributed by atoms with van der Waals surface area (Å²) in [6.45, 7) is 3.56. The van der Waals surface area contributed by atoms with Crippen molar-refractivity contribution in [3.05, 3.63) is 23.3 Å². The monoisotopic (exact) mass is 342 g/mol. The van der Waals surface area contributed by atoms with Crippen molar-refractivity contribution >= 4 is 58.2 Å². The molecule has 10 heteroatoms. The molecule has 0 atom stereocenters. The lowest BCUT2D eigenvalue weighted by Crippen LogP contribution is -2.35. The smallest absolute Gasteiger partial charge is 0.326 e. The highest BCUT2D eigenvalue weighted by Gasteiger charge is 2.14. The van der Waals surface area contributed by atoms with Crippen molar-refractivity contribution in [2.24, 2.45) is 0 Å². The van der Waals surface area contributed by atoms with Crippen LogP contribution in [0.15, 0.2) is 12.1 Å². The first-order valence-electron chi connectivity index (χ1n) is 5.92. The van der Waals surface area contributed by atoms with Crippen LogP contribution in [0, 0.1) is 13.8 Å². The number of nitrogens with one attached hydrogen (secondary N) is 4. The van der Waals surface area contributed by atoms with Crippen LogP contribution in [-0.2, 0) is 0 Å². The molecule has 0 radical (unpaired) electrons. The van der Waals surface area contributed by atoms with E-state index < -0.39 is 22.4 Å². The van der Waals surface area contributed by atoms with Crippen LogP contribution in [0.1, 0.15) is 11.1 Å². The molecular weight excluding hydrogens is 328 g/mol. The zero-order valence-corrected chi connectivity index (χ0v) is 13.3. The number of rotatable bonds is 2. The van der Waals surface area contributed by atoms with Crippen molar-refractivity contribution in [1.82, 2.24) is 10.6 Å². The molecule has 118 valence electrons. The Kier molecular flexibility index (Phi) is 6.01. The maximum Gasteiger partial charge on any atom is 0.326 e. The van der Waals surface area contributed by atoms with E-state index in [9.17, 15) is 9.59 Å². The number of amides is 4. The van der Waals surface area contributed by atoms with Gasteiger partial charge in [-0.3, -0.25) is 10.6 Å².